The summed E-state index contributed by atoms with van der Waals surface area (Å²) in [6.07, 6.45) is 6.37. The zero-order chi connectivity index (χ0) is 14.4. The lowest BCUT2D eigenvalue weighted by molar-refractivity contribution is 0.0948. The summed E-state index contributed by atoms with van der Waals surface area (Å²) in [5.74, 6) is 5.52. The van der Waals surface area contributed by atoms with E-state index in [-0.39, 0.29) is 17.3 Å². The number of hydrogen-bond acceptors (Lipinski definition) is 4. The van der Waals surface area contributed by atoms with Crippen molar-refractivity contribution >= 4 is 17.7 Å². The fourth-order valence-corrected chi connectivity index (χ4v) is 2.55. The lowest BCUT2D eigenvalue weighted by Gasteiger charge is -2.13. The van der Waals surface area contributed by atoms with Gasteiger partial charge in [0.15, 0.2) is 0 Å². The summed E-state index contributed by atoms with van der Waals surface area (Å²) in [7, 11) is 0. The van der Waals surface area contributed by atoms with Crippen LogP contribution in [0.15, 0.2) is 18.3 Å². The molecule has 106 valence electrons. The van der Waals surface area contributed by atoms with Crippen LogP contribution in [-0.2, 0) is 0 Å². The maximum Gasteiger partial charge on any atom is 0.271 e. The molecule has 0 spiro atoms. The monoisotopic (exact) mass is 290 g/mol. The van der Waals surface area contributed by atoms with Crippen LogP contribution in [-0.4, -0.2) is 40.2 Å². The van der Waals surface area contributed by atoms with E-state index in [2.05, 4.69) is 28.4 Å². The molecule has 2 N–H and O–H groups in total. The Morgan fingerprint density at radius 1 is 1.60 bits per heavy atom. The quantitative estimate of drug-likeness (QED) is 0.806. The fourth-order valence-electron chi connectivity index (χ4n) is 1.82. The minimum atomic E-state index is -0.181. The Balaban J connectivity index is 2.04. The van der Waals surface area contributed by atoms with E-state index in [1.54, 1.807) is 30.1 Å². The van der Waals surface area contributed by atoms with Crippen molar-refractivity contribution in [3.8, 4) is 11.8 Å². The third-order valence-corrected chi connectivity index (χ3v) is 4.71. The van der Waals surface area contributed by atoms with Gasteiger partial charge in [-0.05, 0) is 31.2 Å². The maximum absolute atomic E-state index is 12.2. The van der Waals surface area contributed by atoms with Gasteiger partial charge in [0.1, 0.15) is 5.69 Å². The first-order valence-corrected chi connectivity index (χ1v) is 7.81. The molecule has 1 saturated carbocycles. The van der Waals surface area contributed by atoms with Crippen LogP contribution in [0.1, 0.15) is 35.3 Å². The molecule has 4 nitrogen and oxygen atoms in total. The molecule has 0 aromatic carbocycles. The number of nitrogens with one attached hydrogen (secondary N) is 1. The van der Waals surface area contributed by atoms with E-state index in [1.165, 1.54) is 0 Å². The highest BCUT2D eigenvalue weighted by Gasteiger charge is 2.42. The Bertz CT molecular complexity index is 544. The Morgan fingerprint density at radius 3 is 3.05 bits per heavy atom. The number of nitrogens with zero attached hydrogens (tertiary/aromatic N) is 1. The van der Waals surface area contributed by atoms with Crippen LogP contribution in [0.5, 0.6) is 0 Å². The fraction of sp³-hybridized carbons (Fsp3) is 0.467. The molecule has 0 atom stereocenters. The van der Waals surface area contributed by atoms with Crippen LogP contribution in [0.2, 0.25) is 0 Å². The van der Waals surface area contributed by atoms with Gasteiger partial charge in [-0.3, -0.25) is 4.79 Å². The summed E-state index contributed by atoms with van der Waals surface area (Å²) in [5.41, 5.74) is 0.960. The van der Waals surface area contributed by atoms with Crippen LogP contribution in [0.25, 0.3) is 0 Å². The largest absolute Gasteiger partial charge is 0.395 e. The molecule has 1 fully saturated rings. The van der Waals surface area contributed by atoms with Gasteiger partial charge < -0.3 is 10.4 Å². The molecule has 1 aliphatic rings. The highest BCUT2D eigenvalue weighted by molar-refractivity contribution is 8.00. The molecule has 1 amide bonds. The predicted molar refractivity (Wildman–Crippen MR) is 80.6 cm³/mol. The number of aliphatic hydroxyl groups is 1. The van der Waals surface area contributed by atoms with Gasteiger partial charge in [-0.25, -0.2) is 4.98 Å². The van der Waals surface area contributed by atoms with E-state index in [9.17, 15) is 4.79 Å². The van der Waals surface area contributed by atoms with Crippen molar-refractivity contribution in [2.75, 3.05) is 19.4 Å². The highest BCUT2D eigenvalue weighted by Crippen LogP contribution is 2.46. The number of thioether (sulfide) groups is 1. The second kappa shape index (κ2) is 6.78. The second-order valence-electron chi connectivity index (χ2n) is 4.74. The number of pyridine rings is 1. The highest BCUT2D eigenvalue weighted by atomic mass is 32.2. The molecule has 20 heavy (non-hydrogen) atoms. The molecule has 1 aromatic rings. The van der Waals surface area contributed by atoms with Crippen molar-refractivity contribution in [2.45, 2.75) is 24.0 Å². The summed E-state index contributed by atoms with van der Waals surface area (Å²) >= 11 is 1.81. The third kappa shape index (κ3) is 3.75. The summed E-state index contributed by atoms with van der Waals surface area (Å²) < 4.78 is 0.229. The minimum Gasteiger partial charge on any atom is -0.395 e. The van der Waals surface area contributed by atoms with E-state index >= 15 is 0 Å². The summed E-state index contributed by atoms with van der Waals surface area (Å²) in [5, 5.41) is 11.7. The van der Waals surface area contributed by atoms with Crippen LogP contribution < -0.4 is 5.32 Å². The maximum atomic E-state index is 12.2. The number of rotatable bonds is 5. The molecular weight excluding hydrogens is 272 g/mol. The zero-order valence-electron chi connectivity index (χ0n) is 11.5. The van der Waals surface area contributed by atoms with Crippen LogP contribution in [0, 0.1) is 11.8 Å². The first-order chi connectivity index (χ1) is 9.71. The summed E-state index contributed by atoms with van der Waals surface area (Å²) in [6.45, 7) is 0.693. The minimum absolute atomic E-state index is 0.0189. The van der Waals surface area contributed by atoms with Crippen molar-refractivity contribution in [3.05, 3.63) is 29.6 Å². The Morgan fingerprint density at radius 2 is 2.40 bits per heavy atom. The molecule has 0 unspecified atom stereocenters. The molecule has 1 aromatic heterocycles. The Labute approximate surface area is 123 Å². The SMILES string of the molecule is CSC1(CNC(=O)c2ncccc2C#CCCO)CC1. The Hall–Kier alpha value is -1.51. The van der Waals surface area contributed by atoms with Crippen molar-refractivity contribution < 1.29 is 9.90 Å². The van der Waals surface area contributed by atoms with Crippen molar-refractivity contribution in [1.82, 2.24) is 10.3 Å². The molecule has 5 heteroatoms. The molecule has 0 aliphatic heterocycles. The van der Waals surface area contributed by atoms with E-state index in [1.807, 2.05) is 0 Å². The van der Waals surface area contributed by atoms with Gasteiger partial charge in [0, 0.05) is 23.9 Å². The number of hydrogen-bond donors (Lipinski definition) is 2. The zero-order valence-corrected chi connectivity index (χ0v) is 12.3. The smallest absolute Gasteiger partial charge is 0.271 e. The van der Waals surface area contributed by atoms with Gasteiger partial charge in [0.2, 0.25) is 0 Å². The van der Waals surface area contributed by atoms with Gasteiger partial charge in [0.25, 0.3) is 5.91 Å². The molecule has 0 bridgehead atoms. The predicted octanol–water partition coefficient (Wildman–Crippen LogP) is 1.44. The topological polar surface area (TPSA) is 62.2 Å². The van der Waals surface area contributed by atoms with Crippen molar-refractivity contribution in [2.24, 2.45) is 0 Å². The van der Waals surface area contributed by atoms with Crippen molar-refractivity contribution in [1.29, 1.82) is 0 Å². The molecule has 0 saturated heterocycles. The van der Waals surface area contributed by atoms with Crippen LogP contribution in [0.4, 0.5) is 0 Å². The normalized spacial score (nSPS) is 15.1. The van der Waals surface area contributed by atoms with Gasteiger partial charge in [0.05, 0.1) is 12.2 Å². The van der Waals surface area contributed by atoms with Gasteiger partial charge >= 0.3 is 0 Å². The summed E-state index contributed by atoms with van der Waals surface area (Å²) in [6, 6.07) is 3.53. The lowest BCUT2D eigenvalue weighted by atomic mass is 10.2. The first-order valence-electron chi connectivity index (χ1n) is 6.59. The number of aliphatic hydroxyl groups excluding tert-OH is 1. The van der Waals surface area contributed by atoms with Crippen LogP contribution >= 0.6 is 11.8 Å². The van der Waals surface area contributed by atoms with Gasteiger partial charge in [-0.1, -0.05) is 11.8 Å². The second-order valence-corrected chi connectivity index (χ2v) is 6.02. The van der Waals surface area contributed by atoms with Gasteiger partial charge in [-0.2, -0.15) is 11.8 Å². The molecule has 2 rings (SSSR count). The number of carbonyl (C=O) groups is 1. The molecular formula is C15H18N2O2S. The Kier molecular flexibility index (Phi) is 5.05. The lowest BCUT2D eigenvalue weighted by Crippen LogP contribution is -2.32. The average molecular weight is 290 g/mol. The average Bonchev–Trinajstić information content (AvgIpc) is 3.26. The van der Waals surface area contributed by atoms with E-state index < -0.39 is 0 Å². The van der Waals surface area contributed by atoms with E-state index in [0.717, 1.165) is 12.8 Å². The first kappa shape index (κ1) is 14.9. The van der Waals surface area contributed by atoms with Crippen molar-refractivity contribution in [3.63, 3.8) is 0 Å². The summed E-state index contributed by atoms with van der Waals surface area (Å²) in [4.78, 5) is 16.3. The van der Waals surface area contributed by atoms with E-state index in [0.29, 0.717) is 24.2 Å². The molecule has 1 heterocycles. The standard InChI is InChI=1S/C15H18N2O2S/c1-20-15(7-8-15)11-17-14(19)13-12(5-2-3-10-18)6-4-9-16-13/h4,6,9,18H,3,7-8,10-11H2,1H3,(H,17,19). The molecule has 1 aliphatic carbocycles. The van der Waals surface area contributed by atoms with E-state index in [4.69, 9.17) is 5.11 Å². The van der Waals surface area contributed by atoms with Crippen LogP contribution in [0.3, 0.4) is 0 Å². The molecule has 0 radical (unpaired) electrons. The number of aromatic nitrogens is 1. The number of amides is 1. The third-order valence-electron chi connectivity index (χ3n) is 3.29. The van der Waals surface area contributed by atoms with Gasteiger partial charge in [-0.15, -0.1) is 0 Å². The number of carbonyl (C=O) groups excluding carboxylic acids is 1.